The minimum atomic E-state index is -0.520. The molecule has 1 aliphatic rings. The molecule has 1 heterocycles. The first-order chi connectivity index (χ1) is 10.1. The standard InChI is InChI=1S/C15H23N3O3/c1-2-3-4-13(17-9-7-16-8-10-17)12-5-6-15(19)14(11-12)18(20)21/h5-6,11,13,16,19H,2-4,7-10H2,1H3/t13-/m0/s1. The van der Waals surface area contributed by atoms with Gasteiger partial charge in [-0.15, -0.1) is 0 Å². The Kier molecular flexibility index (Phi) is 5.52. The number of phenolic OH excluding ortho intramolecular Hbond substituents is 1. The van der Waals surface area contributed by atoms with Crippen molar-refractivity contribution in [2.45, 2.75) is 32.2 Å². The van der Waals surface area contributed by atoms with E-state index in [1.807, 2.05) is 6.07 Å². The predicted molar refractivity (Wildman–Crippen MR) is 81.5 cm³/mol. The molecule has 0 aliphatic carbocycles. The number of benzene rings is 1. The summed E-state index contributed by atoms with van der Waals surface area (Å²) in [6.07, 6.45) is 3.17. The normalized spacial score (nSPS) is 17.6. The first-order valence-corrected chi connectivity index (χ1v) is 7.55. The van der Waals surface area contributed by atoms with Crippen molar-refractivity contribution in [1.29, 1.82) is 0 Å². The summed E-state index contributed by atoms with van der Waals surface area (Å²) in [4.78, 5) is 12.9. The van der Waals surface area contributed by atoms with Gasteiger partial charge in [0.2, 0.25) is 0 Å². The van der Waals surface area contributed by atoms with Gasteiger partial charge in [0.15, 0.2) is 5.75 Å². The molecule has 21 heavy (non-hydrogen) atoms. The van der Waals surface area contributed by atoms with Crippen molar-refractivity contribution >= 4 is 5.69 Å². The number of hydrogen-bond acceptors (Lipinski definition) is 5. The van der Waals surface area contributed by atoms with Gasteiger partial charge in [-0.25, -0.2) is 0 Å². The molecule has 0 saturated carbocycles. The van der Waals surface area contributed by atoms with Crippen LogP contribution in [0, 0.1) is 10.1 Å². The van der Waals surface area contributed by atoms with Crippen molar-refractivity contribution in [3.05, 3.63) is 33.9 Å². The second-order valence-electron chi connectivity index (χ2n) is 5.45. The van der Waals surface area contributed by atoms with Crippen LogP contribution in [0.4, 0.5) is 5.69 Å². The molecule has 1 fully saturated rings. The van der Waals surface area contributed by atoms with Gasteiger partial charge >= 0.3 is 5.69 Å². The molecule has 6 nitrogen and oxygen atoms in total. The number of aromatic hydroxyl groups is 1. The Morgan fingerprint density at radius 1 is 1.43 bits per heavy atom. The van der Waals surface area contributed by atoms with Crippen LogP contribution in [0.15, 0.2) is 18.2 Å². The van der Waals surface area contributed by atoms with Gasteiger partial charge in [0.1, 0.15) is 0 Å². The van der Waals surface area contributed by atoms with Crippen LogP contribution in [0.3, 0.4) is 0 Å². The Balaban J connectivity index is 2.26. The number of rotatable bonds is 6. The fraction of sp³-hybridized carbons (Fsp3) is 0.600. The van der Waals surface area contributed by atoms with E-state index in [-0.39, 0.29) is 17.5 Å². The zero-order valence-electron chi connectivity index (χ0n) is 12.4. The highest BCUT2D eigenvalue weighted by atomic mass is 16.6. The van der Waals surface area contributed by atoms with Gasteiger partial charge in [0, 0.05) is 38.3 Å². The lowest BCUT2D eigenvalue weighted by atomic mass is 9.98. The lowest BCUT2D eigenvalue weighted by Gasteiger charge is -2.35. The van der Waals surface area contributed by atoms with Gasteiger partial charge in [0.05, 0.1) is 4.92 Å². The Labute approximate surface area is 124 Å². The Morgan fingerprint density at radius 2 is 2.14 bits per heavy atom. The van der Waals surface area contributed by atoms with Crippen LogP contribution in [0.5, 0.6) is 5.75 Å². The summed E-state index contributed by atoms with van der Waals surface area (Å²) in [6, 6.07) is 4.96. The van der Waals surface area contributed by atoms with E-state index in [1.165, 1.54) is 12.1 Å². The summed E-state index contributed by atoms with van der Waals surface area (Å²) < 4.78 is 0. The lowest BCUT2D eigenvalue weighted by Crippen LogP contribution is -2.45. The van der Waals surface area contributed by atoms with Crippen LogP contribution >= 0.6 is 0 Å². The summed E-state index contributed by atoms with van der Waals surface area (Å²) in [5, 5.41) is 23.9. The van der Waals surface area contributed by atoms with Crippen molar-refractivity contribution in [2.75, 3.05) is 26.2 Å². The van der Waals surface area contributed by atoms with E-state index < -0.39 is 4.92 Å². The van der Waals surface area contributed by atoms with Crippen molar-refractivity contribution in [2.24, 2.45) is 0 Å². The third-order valence-corrected chi connectivity index (χ3v) is 4.00. The van der Waals surface area contributed by atoms with Crippen molar-refractivity contribution < 1.29 is 10.0 Å². The summed E-state index contributed by atoms with van der Waals surface area (Å²) in [5.41, 5.74) is 0.721. The van der Waals surface area contributed by atoms with E-state index in [1.54, 1.807) is 0 Å². The molecule has 6 heteroatoms. The molecule has 1 aromatic carbocycles. The lowest BCUT2D eigenvalue weighted by molar-refractivity contribution is -0.386. The van der Waals surface area contributed by atoms with E-state index in [9.17, 15) is 15.2 Å². The van der Waals surface area contributed by atoms with E-state index in [0.717, 1.165) is 51.0 Å². The summed E-state index contributed by atoms with van der Waals surface area (Å²) in [6.45, 7) is 5.94. The topological polar surface area (TPSA) is 78.6 Å². The fourth-order valence-corrected chi connectivity index (χ4v) is 2.85. The Hall–Kier alpha value is -1.66. The average Bonchev–Trinajstić information content (AvgIpc) is 2.50. The summed E-state index contributed by atoms with van der Waals surface area (Å²) >= 11 is 0. The third-order valence-electron chi connectivity index (χ3n) is 4.00. The largest absolute Gasteiger partial charge is 0.502 e. The molecule has 116 valence electrons. The minimum Gasteiger partial charge on any atom is -0.502 e. The maximum Gasteiger partial charge on any atom is 0.311 e. The first-order valence-electron chi connectivity index (χ1n) is 7.55. The maximum atomic E-state index is 11.0. The second kappa shape index (κ2) is 7.38. The van der Waals surface area contributed by atoms with Crippen LogP contribution in [-0.2, 0) is 0 Å². The SMILES string of the molecule is CCCC[C@@H](c1ccc(O)c([N+](=O)[O-])c1)N1CCNCC1. The molecule has 0 amide bonds. The van der Waals surface area contributed by atoms with Crippen LogP contribution in [0.2, 0.25) is 0 Å². The van der Waals surface area contributed by atoms with Gasteiger partial charge < -0.3 is 10.4 Å². The highest BCUT2D eigenvalue weighted by molar-refractivity contribution is 5.48. The highest BCUT2D eigenvalue weighted by Gasteiger charge is 2.24. The Morgan fingerprint density at radius 3 is 2.76 bits per heavy atom. The third kappa shape index (κ3) is 3.92. The van der Waals surface area contributed by atoms with Crippen LogP contribution in [0.25, 0.3) is 0 Å². The van der Waals surface area contributed by atoms with E-state index in [4.69, 9.17) is 0 Å². The quantitative estimate of drug-likeness (QED) is 0.622. The van der Waals surface area contributed by atoms with Crippen LogP contribution < -0.4 is 5.32 Å². The van der Waals surface area contributed by atoms with Gasteiger partial charge in [-0.05, 0) is 18.1 Å². The molecule has 1 aliphatic heterocycles. The molecule has 1 saturated heterocycles. The zero-order chi connectivity index (χ0) is 15.2. The second-order valence-corrected chi connectivity index (χ2v) is 5.45. The molecule has 1 aromatic rings. The summed E-state index contributed by atoms with van der Waals surface area (Å²) in [5.74, 6) is -0.265. The minimum absolute atomic E-state index is 0.186. The number of hydrogen-bond donors (Lipinski definition) is 2. The zero-order valence-corrected chi connectivity index (χ0v) is 12.4. The molecule has 0 aromatic heterocycles. The van der Waals surface area contributed by atoms with Gasteiger partial charge in [0.25, 0.3) is 0 Å². The van der Waals surface area contributed by atoms with Crippen LogP contribution in [-0.4, -0.2) is 41.1 Å². The number of piperazine rings is 1. The molecule has 0 bridgehead atoms. The molecular formula is C15H23N3O3. The summed E-state index contributed by atoms with van der Waals surface area (Å²) in [7, 11) is 0. The number of nitro groups is 1. The number of unbranched alkanes of at least 4 members (excludes halogenated alkanes) is 1. The number of nitrogens with one attached hydrogen (secondary N) is 1. The number of nitro benzene ring substituents is 1. The molecule has 0 spiro atoms. The Bertz CT molecular complexity index is 487. The van der Waals surface area contributed by atoms with Gasteiger partial charge in [-0.2, -0.15) is 0 Å². The van der Waals surface area contributed by atoms with Crippen molar-refractivity contribution in [3.8, 4) is 5.75 Å². The maximum absolute atomic E-state index is 11.0. The molecule has 1 atom stereocenters. The van der Waals surface area contributed by atoms with Crippen molar-refractivity contribution in [1.82, 2.24) is 10.2 Å². The van der Waals surface area contributed by atoms with Crippen LogP contribution in [0.1, 0.15) is 37.8 Å². The molecule has 0 unspecified atom stereocenters. The first kappa shape index (κ1) is 15.7. The molecule has 2 rings (SSSR count). The van der Waals surface area contributed by atoms with E-state index >= 15 is 0 Å². The highest BCUT2D eigenvalue weighted by Crippen LogP contribution is 2.33. The van der Waals surface area contributed by atoms with Gasteiger partial charge in [-0.3, -0.25) is 15.0 Å². The molecule has 0 radical (unpaired) electrons. The van der Waals surface area contributed by atoms with E-state index in [2.05, 4.69) is 17.1 Å². The fourth-order valence-electron chi connectivity index (χ4n) is 2.85. The van der Waals surface area contributed by atoms with Crippen molar-refractivity contribution in [3.63, 3.8) is 0 Å². The monoisotopic (exact) mass is 293 g/mol. The molecule has 2 N–H and O–H groups in total. The van der Waals surface area contributed by atoms with E-state index in [0.29, 0.717) is 0 Å². The number of phenols is 1. The predicted octanol–water partition coefficient (Wildman–Crippen LogP) is 2.44. The average molecular weight is 293 g/mol. The smallest absolute Gasteiger partial charge is 0.311 e. The molecular weight excluding hydrogens is 270 g/mol. The van der Waals surface area contributed by atoms with Gasteiger partial charge in [-0.1, -0.05) is 25.8 Å². The number of nitrogens with zero attached hydrogens (tertiary/aromatic N) is 2.